The molecule has 1 heterocycles. The molecule has 0 radical (unpaired) electrons. The van der Waals surface area contributed by atoms with E-state index >= 15 is 0 Å². The van der Waals surface area contributed by atoms with Crippen molar-refractivity contribution in [2.75, 3.05) is 19.6 Å². The van der Waals surface area contributed by atoms with Gasteiger partial charge in [0.25, 0.3) is 0 Å². The molecule has 2 heteroatoms. The van der Waals surface area contributed by atoms with E-state index in [9.17, 15) is 0 Å². The third-order valence-electron chi connectivity index (χ3n) is 5.05. The van der Waals surface area contributed by atoms with E-state index in [1.807, 2.05) is 0 Å². The van der Waals surface area contributed by atoms with E-state index in [1.165, 1.54) is 33.4 Å². The lowest BCUT2D eigenvalue weighted by Gasteiger charge is -2.37. The van der Waals surface area contributed by atoms with Gasteiger partial charge in [0, 0.05) is 31.4 Å². The molecule has 0 spiro atoms. The number of hydrogen-bond donors (Lipinski definition) is 1. The molecular formula is C22H28N2. The Morgan fingerprint density at radius 1 is 1.00 bits per heavy atom. The molecule has 1 aliphatic heterocycles. The van der Waals surface area contributed by atoms with Crippen LogP contribution in [0.25, 0.3) is 5.70 Å². The van der Waals surface area contributed by atoms with E-state index in [1.54, 1.807) is 0 Å². The number of rotatable bonds is 3. The topological polar surface area (TPSA) is 15.3 Å². The zero-order chi connectivity index (χ0) is 17.3. The van der Waals surface area contributed by atoms with Crippen molar-refractivity contribution >= 4 is 5.70 Å². The Bertz CT molecular complexity index is 740. The summed E-state index contributed by atoms with van der Waals surface area (Å²) in [7, 11) is 0. The molecule has 0 amide bonds. The van der Waals surface area contributed by atoms with Gasteiger partial charge in [-0.15, -0.1) is 0 Å². The Morgan fingerprint density at radius 3 is 2.38 bits per heavy atom. The number of nitrogens with zero attached hydrogens (tertiary/aromatic N) is 1. The van der Waals surface area contributed by atoms with Gasteiger partial charge in [-0.1, -0.05) is 42.0 Å². The molecule has 1 aliphatic rings. The van der Waals surface area contributed by atoms with Crippen molar-refractivity contribution in [3.63, 3.8) is 0 Å². The Hall–Kier alpha value is -2.06. The lowest BCUT2D eigenvalue weighted by molar-refractivity contribution is 0.282. The van der Waals surface area contributed by atoms with Crippen LogP contribution in [0.5, 0.6) is 0 Å². The number of aryl methyl sites for hydroxylation is 4. The molecule has 1 N–H and O–H groups in total. The van der Waals surface area contributed by atoms with Crippen molar-refractivity contribution in [3.8, 4) is 0 Å². The summed E-state index contributed by atoms with van der Waals surface area (Å²) in [5.41, 5.74) is 9.06. The van der Waals surface area contributed by atoms with Gasteiger partial charge >= 0.3 is 0 Å². The van der Waals surface area contributed by atoms with E-state index in [0.717, 1.165) is 25.3 Å². The molecule has 1 fully saturated rings. The Kier molecular flexibility index (Phi) is 4.77. The Balaban J connectivity index is 1.79. The van der Waals surface area contributed by atoms with Crippen LogP contribution in [0.2, 0.25) is 0 Å². The van der Waals surface area contributed by atoms with Crippen molar-refractivity contribution in [1.29, 1.82) is 0 Å². The third-order valence-corrected chi connectivity index (χ3v) is 5.05. The van der Waals surface area contributed by atoms with E-state index in [-0.39, 0.29) is 0 Å². The lowest BCUT2D eigenvalue weighted by Crippen LogP contribution is -2.44. The van der Waals surface area contributed by atoms with Crippen molar-refractivity contribution in [2.45, 2.75) is 33.7 Å². The molecule has 0 aliphatic carbocycles. The van der Waals surface area contributed by atoms with Gasteiger partial charge < -0.3 is 10.2 Å². The van der Waals surface area contributed by atoms with Gasteiger partial charge in [0.15, 0.2) is 0 Å². The molecule has 2 aromatic rings. The highest BCUT2D eigenvalue weighted by Gasteiger charge is 2.22. The summed E-state index contributed by atoms with van der Waals surface area (Å²) in [5, 5.41) is 3.66. The second-order valence-corrected chi connectivity index (χ2v) is 7.12. The summed E-state index contributed by atoms with van der Waals surface area (Å²) in [4.78, 5) is 2.42. The summed E-state index contributed by atoms with van der Waals surface area (Å²) in [6, 6.07) is 13.8. The highest BCUT2D eigenvalue weighted by Crippen LogP contribution is 2.26. The molecule has 1 atom stereocenters. The van der Waals surface area contributed by atoms with Crippen LogP contribution in [0.3, 0.4) is 0 Å². The van der Waals surface area contributed by atoms with Crippen LogP contribution in [0.4, 0.5) is 0 Å². The maximum Gasteiger partial charge on any atom is 0.0498 e. The number of hydrogen-bond acceptors (Lipinski definition) is 2. The van der Waals surface area contributed by atoms with Gasteiger partial charge in [-0.25, -0.2) is 0 Å². The predicted octanol–water partition coefficient (Wildman–Crippen LogP) is 4.54. The van der Waals surface area contributed by atoms with Gasteiger partial charge in [-0.2, -0.15) is 0 Å². The van der Waals surface area contributed by atoms with Crippen LogP contribution >= 0.6 is 0 Å². The Labute approximate surface area is 146 Å². The lowest BCUT2D eigenvalue weighted by atomic mass is 9.98. The van der Waals surface area contributed by atoms with Gasteiger partial charge in [0.05, 0.1) is 0 Å². The van der Waals surface area contributed by atoms with Crippen LogP contribution in [0.15, 0.2) is 43.0 Å². The molecule has 3 rings (SSSR count). The van der Waals surface area contributed by atoms with Crippen molar-refractivity contribution in [2.24, 2.45) is 0 Å². The zero-order valence-electron chi connectivity index (χ0n) is 15.3. The monoisotopic (exact) mass is 320 g/mol. The molecule has 1 unspecified atom stereocenters. The molecule has 24 heavy (non-hydrogen) atoms. The minimum Gasteiger partial charge on any atom is -0.368 e. The van der Waals surface area contributed by atoms with Crippen LogP contribution in [-0.2, 0) is 0 Å². The Morgan fingerprint density at radius 2 is 1.71 bits per heavy atom. The number of nitrogens with one attached hydrogen (secondary N) is 1. The molecule has 1 saturated heterocycles. The van der Waals surface area contributed by atoms with E-state index in [4.69, 9.17) is 0 Å². The first kappa shape index (κ1) is 16.8. The maximum absolute atomic E-state index is 4.39. The van der Waals surface area contributed by atoms with Crippen LogP contribution in [-0.4, -0.2) is 24.5 Å². The van der Waals surface area contributed by atoms with E-state index < -0.39 is 0 Å². The van der Waals surface area contributed by atoms with Crippen LogP contribution in [0, 0.1) is 27.7 Å². The number of piperazine rings is 1. The van der Waals surface area contributed by atoms with Gasteiger partial charge in [0.1, 0.15) is 0 Å². The first-order chi connectivity index (χ1) is 11.4. The van der Waals surface area contributed by atoms with Crippen molar-refractivity contribution < 1.29 is 0 Å². The fourth-order valence-corrected chi connectivity index (χ4v) is 3.52. The molecule has 126 valence electrons. The quantitative estimate of drug-likeness (QED) is 0.893. The van der Waals surface area contributed by atoms with Gasteiger partial charge in [-0.3, -0.25) is 0 Å². The average molecular weight is 320 g/mol. The van der Waals surface area contributed by atoms with Crippen LogP contribution < -0.4 is 5.32 Å². The highest BCUT2D eigenvalue weighted by atomic mass is 15.2. The molecular weight excluding hydrogens is 292 g/mol. The first-order valence-corrected chi connectivity index (χ1v) is 8.77. The highest BCUT2D eigenvalue weighted by molar-refractivity contribution is 5.63. The SMILES string of the molecule is C=C(c1cc(C)cc(C)c1)N1CCNC(c2ccc(C)c(C)c2)C1. The largest absolute Gasteiger partial charge is 0.368 e. The fraction of sp³-hybridized carbons (Fsp3) is 0.364. The standard InChI is InChI=1S/C22H28N2/c1-15-10-16(2)12-21(11-15)19(5)24-9-8-23-22(14-24)20-7-6-17(3)18(4)13-20/h6-7,10-13,22-23H,5,8-9,14H2,1-4H3. The van der Waals surface area contributed by atoms with Crippen LogP contribution in [0.1, 0.15) is 39.4 Å². The molecule has 0 aromatic heterocycles. The maximum atomic E-state index is 4.39. The minimum atomic E-state index is 0.362. The summed E-state index contributed by atoms with van der Waals surface area (Å²) in [6.07, 6.45) is 0. The second kappa shape index (κ2) is 6.82. The third kappa shape index (κ3) is 3.54. The smallest absolute Gasteiger partial charge is 0.0498 e. The molecule has 0 saturated carbocycles. The predicted molar refractivity (Wildman–Crippen MR) is 103 cm³/mol. The summed E-state index contributed by atoms with van der Waals surface area (Å²) in [5.74, 6) is 0. The summed E-state index contributed by atoms with van der Waals surface area (Å²) in [6.45, 7) is 16.0. The second-order valence-electron chi connectivity index (χ2n) is 7.12. The van der Waals surface area contributed by atoms with Gasteiger partial charge in [0.2, 0.25) is 0 Å². The van der Waals surface area contributed by atoms with Gasteiger partial charge in [-0.05, 0) is 62.1 Å². The molecule has 2 nitrogen and oxygen atoms in total. The fourth-order valence-electron chi connectivity index (χ4n) is 3.52. The summed E-state index contributed by atoms with van der Waals surface area (Å²) < 4.78 is 0. The number of benzene rings is 2. The zero-order valence-corrected chi connectivity index (χ0v) is 15.3. The van der Waals surface area contributed by atoms with E-state index in [0.29, 0.717) is 6.04 Å². The minimum absolute atomic E-state index is 0.362. The van der Waals surface area contributed by atoms with E-state index in [2.05, 4.69) is 80.9 Å². The molecule has 2 aromatic carbocycles. The van der Waals surface area contributed by atoms with Crippen molar-refractivity contribution in [1.82, 2.24) is 10.2 Å². The average Bonchev–Trinajstić information content (AvgIpc) is 2.56. The normalized spacial score (nSPS) is 17.8. The summed E-state index contributed by atoms with van der Waals surface area (Å²) >= 11 is 0. The van der Waals surface area contributed by atoms with Crippen molar-refractivity contribution in [3.05, 3.63) is 76.4 Å². The molecule has 0 bridgehead atoms. The first-order valence-electron chi connectivity index (χ1n) is 8.77.